The highest BCUT2D eigenvalue weighted by molar-refractivity contribution is 5.81. The van der Waals surface area contributed by atoms with Crippen molar-refractivity contribution >= 4 is 23.4 Å². The number of hydrogen-bond donors (Lipinski definition) is 4. The minimum absolute atomic E-state index is 0.0464. The summed E-state index contributed by atoms with van der Waals surface area (Å²) < 4.78 is 13.4. The third kappa shape index (κ3) is 7.23. The predicted octanol–water partition coefficient (Wildman–Crippen LogP) is 3.18. The van der Waals surface area contributed by atoms with Gasteiger partial charge in [-0.2, -0.15) is 4.98 Å². The van der Waals surface area contributed by atoms with E-state index in [4.69, 9.17) is 0 Å². The SMILES string of the molecule is CCCNc1nc(Nc2cccc(F)c2)ncc1C#CCCCNC(=O)[C@H]1CCCN1. The van der Waals surface area contributed by atoms with Gasteiger partial charge < -0.3 is 21.3 Å². The third-order valence-corrected chi connectivity index (χ3v) is 4.79. The molecule has 1 atom stereocenters. The highest BCUT2D eigenvalue weighted by Crippen LogP contribution is 2.18. The summed E-state index contributed by atoms with van der Waals surface area (Å²) in [6.45, 7) is 4.35. The zero-order chi connectivity index (χ0) is 21.9. The average Bonchev–Trinajstić information content (AvgIpc) is 3.30. The van der Waals surface area contributed by atoms with E-state index in [1.807, 2.05) is 0 Å². The van der Waals surface area contributed by atoms with E-state index in [9.17, 15) is 9.18 Å². The van der Waals surface area contributed by atoms with E-state index in [1.54, 1.807) is 18.3 Å². The number of nitrogens with zero attached hydrogens (tertiary/aromatic N) is 2. The van der Waals surface area contributed by atoms with Crippen LogP contribution in [0.25, 0.3) is 0 Å². The Hall–Kier alpha value is -3.18. The molecule has 4 N–H and O–H groups in total. The highest BCUT2D eigenvalue weighted by atomic mass is 19.1. The minimum Gasteiger partial charge on any atom is -0.369 e. The number of rotatable bonds is 9. The Morgan fingerprint density at radius 2 is 2.26 bits per heavy atom. The molecule has 1 aromatic carbocycles. The molecule has 31 heavy (non-hydrogen) atoms. The Labute approximate surface area is 182 Å². The topological polar surface area (TPSA) is 91.0 Å². The molecule has 0 radical (unpaired) electrons. The molecule has 1 aliphatic heterocycles. The zero-order valence-electron chi connectivity index (χ0n) is 17.8. The summed E-state index contributed by atoms with van der Waals surface area (Å²) in [4.78, 5) is 20.8. The number of benzene rings is 1. The second-order valence-corrected chi connectivity index (χ2v) is 7.36. The van der Waals surface area contributed by atoms with Crippen LogP contribution >= 0.6 is 0 Å². The molecule has 164 valence electrons. The van der Waals surface area contributed by atoms with Crippen LogP contribution in [-0.4, -0.2) is 41.6 Å². The van der Waals surface area contributed by atoms with Crippen molar-refractivity contribution in [1.29, 1.82) is 0 Å². The van der Waals surface area contributed by atoms with E-state index in [1.165, 1.54) is 12.1 Å². The van der Waals surface area contributed by atoms with Crippen LogP contribution in [0, 0.1) is 17.7 Å². The van der Waals surface area contributed by atoms with Crippen molar-refractivity contribution in [1.82, 2.24) is 20.6 Å². The Morgan fingerprint density at radius 1 is 1.35 bits per heavy atom. The minimum atomic E-state index is -0.326. The van der Waals surface area contributed by atoms with Gasteiger partial charge in [0, 0.05) is 25.2 Å². The summed E-state index contributed by atoms with van der Waals surface area (Å²) in [6, 6.07) is 6.10. The van der Waals surface area contributed by atoms with Crippen LogP contribution in [0.4, 0.5) is 21.8 Å². The molecule has 2 aromatic rings. The van der Waals surface area contributed by atoms with Crippen molar-refractivity contribution < 1.29 is 9.18 Å². The molecular formula is C23H29FN6O. The Kier molecular flexibility index (Phi) is 8.61. The lowest BCUT2D eigenvalue weighted by atomic mass is 10.2. The fourth-order valence-corrected chi connectivity index (χ4v) is 3.18. The molecule has 2 heterocycles. The summed E-state index contributed by atoms with van der Waals surface area (Å²) in [6.07, 6.45) is 6.00. The maximum Gasteiger partial charge on any atom is 0.237 e. The fourth-order valence-electron chi connectivity index (χ4n) is 3.18. The average molecular weight is 425 g/mol. The molecule has 1 aromatic heterocycles. The van der Waals surface area contributed by atoms with Crippen LogP contribution < -0.4 is 21.3 Å². The first kappa shape index (κ1) is 22.5. The summed E-state index contributed by atoms with van der Waals surface area (Å²) in [5, 5.41) is 12.4. The summed E-state index contributed by atoms with van der Waals surface area (Å²) in [5.41, 5.74) is 1.28. The molecule has 8 heteroatoms. The van der Waals surface area contributed by atoms with Crippen molar-refractivity contribution in [2.75, 3.05) is 30.3 Å². The molecule has 1 aliphatic rings. The summed E-state index contributed by atoms with van der Waals surface area (Å²) in [5.74, 6) is 7.01. The van der Waals surface area contributed by atoms with E-state index >= 15 is 0 Å². The van der Waals surface area contributed by atoms with Crippen molar-refractivity contribution in [3.05, 3.63) is 41.8 Å². The van der Waals surface area contributed by atoms with Crippen molar-refractivity contribution in [2.45, 2.75) is 45.1 Å². The first-order chi connectivity index (χ1) is 15.2. The summed E-state index contributed by atoms with van der Waals surface area (Å²) >= 11 is 0. The van der Waals surface area contributed by atoms with Gasteiger partial charge in [0.1, 0.15) is 11.6 Å². The predicted molar refractivity (Wildman–Crippen MR) is 121 cm³/mol. The van der Waals surface area contributed by atoms with E-state index in [0.717, 1.165) is 38.8 Å². The smallest absolute Gasteiger partial charge is 0.237 e. The van der Waals surface area contributed by atoms with Gasteiger partial charge in [-0.05, 0) is 50.4 Å². The molecule has 1 amide bonds. The molecule has 0 bridgehead atoms. The quantitative estimate of drug-likeness (QED) is 0.365. The molecule has 3 rings (SSSR count). The second kappa shape index (κ2) is 11.9. The number of nitrogens with one attached hydrogen (secondary N) is 4. The molecule has 7 nitrogen and oxygen atoms in total. The van der Waals surface area contributed by atoms with E-state index in [-0.39, 0.29) is 17.8 Å². The normalized spacial score (nSPS) is 15.1. The number of carbonyl (C=O) groups is 1. The molecule has 1 saturated heterocycles. The van der Waals surface area contributed by atoms with Crippen LogP contribution in [-0.2, 0) is 4.79 Å². The molecule has 0 spiro atoms. The fraction of sp³-hybridized carbons (Fsp3) is 0.435. The third-order valence-electron chi connectivity index (χ3n) is 4.79. The molecule has 0 aliphatic carbocycles. The van der Waals surface area contributed by atoms with Crippen LogP contribution in [0.15, 0.2) is 30.5 Å². The maximum absolute atomic E-state index is 13.4. The van der Waals surface area contributed by atoms with Gasteiger partial charge in [-0.15, -0.1) is 0 Å². The zero-order valence-corrected chi connectivity index (χ0v) is 17.8. The standard InChI is InChI=1S/C23H29FN6O/c1-2-12-26-21-17(8-4-3-5-13-27-22(31)20-11-7-14-25-20)16-28-23(30-21)29-19-10-6-9-18(24)15-19/h6,9-10,15-16,20,25H,2-3,5,7,11-14H2,1H3,(H,27,31)(H2,26,28,29,30)/t20-/m1/s1. The van der Waals surface area contributed by atoms with Gasteiger partial charge in [-0.1, -0.05) is 24.8 Å². The lowest BCUT2D eigenvalue weighted by molar-refractivity contribution is -0.122. The van der Waals surface area contributed by atoms with Gasteiger partial charge in [0.15, 0.2) is 0 Å². The largest absolute Gasteiger partial charge is 0.369 e. The maximum atomic E-state index is 13.4. The summed E-state index contributed by atoms with van der Waals surface area (Å²) in [7, 11) is 0. The highest BCUT2D eigenvalue weighted by Gasteiger charge is 2.20. The van der Waals surface area contributed by atoms with Crippen molar-refractivity contribution in [3.63, 3.8) is 0 Å². The Balaban J connectivity index is 1.55. The first-order valence-corrected chi connectivity index (χ1v) is 10.8. The van der Waals surface area contributed by atoms with Crippen LogP contribution in [0.2, 0.25) is 0 Å². The lowest BCUT2D eigenvalue weighted by Crippen LogP contribution is -2.40. The van der Waals surface area contributed by atoms with Crippen molar-refractivity contribution in [3.8, 4) is 11.8 Å². The number of halogens is 1. The van der Waals surface area contributed by atoms with Crippen LogP contribution in [0.5, 0.6) is 0 Å². The van der Waals surface area contributed by atoms with Gasteiger partial charge in [-0.25, -0.2) is 9.37 Å². The molecular weight excluding hydrogens is 395 g/mol. The second-order valence-electron chi connectivity index (χ2n) is 7.36. The number of amides is 1. The van der Waals surface area contributed by atoms with Gasteiger partial charge in [0.25, 0.3) is 0 Å². The number of unbranched alkanes of at least 4 members (excludes halogenated alkanes) is 1. The van der Waals surface area contributed by atoms with Crippen molar-refractivity contribution in [2.24, 2.45) is 0 Å². The van der Waals surface area contributed by atoms with Gasteiger partial charge in [0.05, 0.1) is 17.8 Å². The van der Waals surface area contributed by atoms with Gasteiger partial charge >= 0.3 is 0 Å². The molecule has 0 unspecified atom stereocenters. The molecule has 1 fully saturated rings. The Morgan fingerprint density at radius 3 is 3.03 bits per heavy atom. The van der Waals surface area contributed by atoms with Gasteiger partial charge in [0.2, 0.25) is 11.9 Å². The first-order valence-electron chi connectivity index (χ1n) is 10.8. The number of anilines is 3. The number of carbonyl (C=O) groups excluding carboxylic acids is 1. The van der Waals surface area contributed by atoms with Gasteiger partial charge in [-0.3, -0.25) is 4.79 Å². The lowest BCUT2D eigenvalue weighted by Gasteiger charge is -2.10. The number of aromatic nitrogens is 2. The van der Waals surface area contributed by atoms with E-state index in [0.29, 0.717) is 36.0 Å². The molecule has 0 saturated carbocycles. The van der Waals surface area contributed by atoms with E-state index in [2.05, 4.69) is 50.0 Å². The van der Waals surface area contributed by atoms with Crippen LogP contribution in [0.3, 0.4) is 0 Å². The number of hydrogen-bond acceptors (Lipinski definition) is 6. The van der Waals surface area contributed by atoms with Crippen LogP contribution in [0.1, 0.15) is 44.6 Å². The Bertz CT molecular complexity index is 933. The monoisotopic (exact) mass is 424 g/mol. The van der Waals surface area contributed by atoms with E-state index < -0.39 is 0 Å².